The van der Waals surface area contributed by atoms with Crippen molar-refractivity contribution in [2.45, 2.75) is 25.6 Å². The summed E-state index contributed by atoms with van der Waals surface area (Å²) < 4.78 is 36.9. The number of aromatic nitrogens is 2. The molecular weight excluding hydrogens is 197 g/mol. The molecule has 1 N–H and O–H groups in total. The molecule has 0 aliphatic carbocycles. The Morgan fingerprint density at radius 3 is 2.00 bits per heavy atom. The lowest BCUT2D eigenvalue weighted by molar-refractivity contribution is -0.259. The molecule has 0 aromatic carbocycles. The zero-order valence-corrected chi connectivity index (χ0v) is 7.63. The highest BCUT2D eigenvalue weighted by molar-refractivity contribution is 5.16. The van der Waals surface area contributed by atoms with Crippen LogP contribution in [-0.4, -0.2) is 21.3 Å². The molecule has 1 atom stereocenters. The van der Waals surface area contributed by atoms with Crippen molar-refractivity contribution in [2.24, 2.45) is 0 Å². The summed E-state index contributed by atoms with van der Waals surface area (Å²) in [6, 6.07) is 0. The van der Waals surface area contributed by atoms with Crippen LogP contribution in [0.1, 0.15) is 18.3 Å². The summed E-state index contributed by atoms with van der Waals surface area (Å²) in [4.78, 5) is 7.18. The topological polar surface area (TPSA) is 46.0 Å². The van der Waals surface area contributed by atoms with Crippen LogP contribution in [0.2, 0.25) is 0 Å². The van der Waals surface area contributed by atoms with Gasteiger partial charge in [0.1, 0.15) is 5.82 Å². The number of rotatable bonds is 1. The highest BCUT2D eigenvalue weighted by atomic mass is 19.4. The van der Waals surface area contributed by atoms with E-state index in [9.17, 15) is 18.3 Å². The van der Waals surface area contributed by atoms with Crippen LogP contribution in [0.25, 0.3) is 0 Å². The first-order valence-corrected chi connectivity index (χ1v) is 3.83. The van der Waals surface area contributed by atoms with Crippen LogP contribution in [-0.2, 0) is 5.60 Å². The number of aliphatic hydroxyl groups is 1. The van der Waals surface area contributed by atoms with Gasteiger partial charge < -0.3 is 5.11 Å². The Bertz CT molecular complexity index is 318. The molecule has 0 saturated carbocycles. The van der Waals surface area contributed by atoms with E-state index in [-0.39, 0.29) is 5.56 Å². The first-order valence-electron chi connectivity index (χ1n) is 3.83. The van der Waals surface area contributed by atoms with E-state index in [1.807, 2.05) is 0 Å². The fourth-order valence-corrected chi connectivity index (χ4v) is 0.808. The van der Waals surface area contributed by atoms with Gasteiger partial charge in [-0.25, -0.2) is 9.97 Å². The Morgan fingerprint density at radius 1 is 1.21 bits per heavy atom. The fraction of sp³-hybridized carbons (Fsp3) is 0.500. The molecule has 1 unspecified atom stereocenters. The number of aryl methyl sites for hydroxylation is 1. The Kier molecular flexibility index (Phi) is 2.49. The van der Waals surface area contributed by atoms with Crippen LogP contribution in [0.3, 0.4) is 0 Å². The van der Waals surface area contributed by atoms with Crippen LogP contribution >= 0.6 is 0 Å². The Balaban J connectivity index is 3.10. The minimum Gasteiger partial charge on any atom is -0.376 e. The van der Waals surface area contributed by atoms with Crippen molar-refractivity contribution >= 4 is 0 Å². The average molecular weight is 206 g/mol. The number of hydrogen-bond donors (Lipinski definition) is 1. The SMILES string of the molecule is Cc1ncc(C(C)(O)C(F)(F)F)cn1. The van der Waals surface area contributed by atoms with E-state index in [0.717, 1.165) is 12.4 Å². The molecule has 6 heteroatoms. The largest absolute Gasteiger partial charge is 0.421 e. The second kappa shape index (κ2) is 3.20. The molecule has 1 heterocycles. The molecule has 0 spiro atoms. The van der Waals surface area contributed by atoms with E-state index < -0.39 is 11.8 Å². The highest BCUT2D eigenvalue weighted by Gasteiger charge is 2.51. The zero-order valence-electron chi connectivity index (χ0n) is 7.63. The second-order valence-corrected chi connectivity index (χ2v) is 3.09. The maximum Gasteiger partial charge on any atom is 0.421 e. The molecule has 0 aliphatic rings. The van der Waals surface area contributed by atoms with Gasteiger partial charge in [0, 0.05) is 18.0 Å². The van der Waals surface area contributed by atoms with Crippen LogP contribution in [0.5, 0.6) is 0 Å². The van der Waals surface area contributed by atoms with Crippen LogP contribution in [0.15, 0.2) is 12.4 Å². The van der Waals surface area contributed by atoms with Gasteiger partial charge in [-0.2, -0.15) is 13.2 Å². The Hall–Kier alpha value is -1.17. The van der Waals surface area contributed by atoms with E-state index in [4.69, 9.17) is 0 Å². The normalized spacial score (nSPS) is 16.4. The van der Waals surface area contributed by atoms with Gasteiger partial charge in [-0.15, -0.1) is 0 Å². The summed E-state index contributed by atoms with van der Waals surface area (Å²) in [5.41, 5.74) is -3.27. The molecule has 0 bridgehead atoms. The van der Waals surface area contributed by atoms with Crippen molar-refractivity contribution in [3.8, 4) is 0 Å². The van der Waals surface area contributed by atoms with Crippen LogP contribution in [0, 0.1) is 6.92 Å². The van der Waals surface area contributed by atoms with Gasteiger partial charge in [-0.1, -0.05) is 0 Å². The summed E-state index contributed by atoms with van der Waals surface area (Å²) >= 11 is 0. The van der Waals surface area contributed by atoms with Crippen molar-refractivity contribution in [2.75, 3.05) is 0 Å². The molecule has 0 radical (unpaired) electrons. The van der Waals surface area contributed by atoms with Crippen molar-refractivity contribution < 1.29 is 18.3 Å². The minimum atomic E-state index is -4.73. The smallest absolute Gasteiger partial charge is 0.376 e. The first kappa shape index (κ1) is 10.9. The number of hydrogen-bond acceptors (Lipinski definition) is 3. The van der Waals surface area contributed by atoms with Gasteiger partial charge in [-0.3, -0.25) is 0 Å². The molecule has 1 aromatic heterocycles. The molecule has 1 rings (SSSR count). The summed E-state index contributed by atoms with van der Waals surface area (Å²) in [5, 5.41) is 9.21. The maximum atomic E-state index is 12.3. The minimum absolute atomic E-state index is 0.353. The van der Waals surface area contributed by atoms with E-state index in [1.165, 1.54) is 0 Å². The third kappa shape index (κ3) is 1.84. The maximum absolute atomic E-state index is 12.3. The van der Waals surface area contributed by atoms with Crippen molar-refractivity contribution in [1.82, 2.24) is 9.97 Å². The molecule has 3 nitrogen and oxygen atoms in total. The summed E-state index contributed by atoms with van der Waals surface area (Å²) in [7, 11) is 0. The Labute approximate surface area is 78.6 Å². The van der Waals surface area contributed by atoms with E-state index in [2.05, 4.69) is 9.97 Å². The monoisotopic (exact) mass is 206 g/mol. The van der Waals surface area contributed by atoms with Crippen LogP contribution in [0.4, 0.5) is 13.2 Å². The summed E-state index contributed by atoms with van der Waals surface area (Å²) in [5.74, 6) is 0.353. The lowest BCUT2D eigenvalue weighted by atomic mass is 9.99. The van der Waals surface area contributed by atoms with E-state index in [1.54, 1.807) is 6.92 Å². The number of halogens is 3. The lowest BCUT2D eigenvalue weighted by Crippen LogP contribution is -2.39. The first-order chi connectivity index (χ1) is 6.25. The second-order valence-electron chi connectivity index (χ2n) is 3.09. The van der Waals surface area contributed by atoms with Gasteiger partial charge in [0.05, 0.1) is 0 Å². The molecule has 0 fully saturated rings. The molecule has 0 aliphatic heterocycles. The van der Waals surface area contributed by atoms with Crippen molar-refractivity contribution in [3.63, 3.8) is 0 Å². The summed E-state index contributed by atoms with van der Waals surface area (Å²) in [6.45, 7) is 2.22. The van der Waals surface area contributed by atoms with Gasteiger partial charge >= 0.3 is 6.18 Å². The molecule has 0 amide bonds. The molecular formula is C8H9F3N2O. The van der Waals surface area contributed by atoms with Crippen molar-refractivity contribution in [1.29, 1.82) is 0 Å². The zero-order chi connectivity index (χ0) is 11.0. The third-order valence-corrected chi connectivity index (χ3v) is 1.90. The van der Waals surface area contributed by atoms with Gasteiger partial charge in [0.25, 0.3) is 0 Å². The van der Waals surface area contributed by atoms with Gasteiger partial charge in [-0.05, 0) is 13.8 Å². The molecule has 1 aromatic rings. The lowest BCUT2D eigenvalue weighted by Gasteiger charge is -2.25. The quantitative estimate of drug-likeness (QED) is 0.758. The van der Waals surface area contributed by atoms with Crippen molar-refractivity contribution in [3.05, 3.63) is 23.8 Å². The van der Waals surface area contributed by atoms with Gasteiger partial charge in [0.15, 0.2) is 5.60 Å². The molecule has 14 heavy (non-hydrogen) atoms. The number of alkyl halides is 3. The number of nitrogens with zero attached hydrogens (tertiary/aromatic N) is 2. The van der Waals surface area contributed by atoms with E-state index >= 15 is 0 Å². The van der Waals surface area contributed by atoms with Crippen LogP contribution < -0.4 is 0 Å². The fourth-order valence-electron chi connectivity index (χ4n) is 0.808. The average Bonchev–Trinajstić information content (AvgIpc) is 2.03. The molecule has 0 saturated heterocycles. The van der Waals surface area contributed by atoms with E-state index in [0.29, 0.717) is 12.7 Å². The predicted octanol–water partition coefficient (Wildman–Crippen LogP) is 1.55. The third-order valence-electron chi connectivity index (χ3n) is 1.90. The highest BCUT2D eigenvalue weighted by Crippen LogP contribution is 2.37. The molecule has 78 valence electrons. The predicted molar refractivity (Wildman–Crippen MR) is 42.4 cm³/mol. The Morgan fingerprint density at radius 2 is 1.64 bits per heavy atom. The standard InChI is InChI=1S/C8H9F3N2O/c1-5-12-3-6(4-13-5)7(2,14)8(9,10)11/h3-4,14H,1-2H3. The van der Waals surface area contributed by atoms with Gasteiger partial charge in [0.2, 0.25) is 0 Å². The summed E-state index contributed by atoms with van der Waals surface area (Å²) in [6.07, 6.45) is -2.79.